The lowest BCUT2D eigenvalue weighted by Gasteiger charge is -2.60. The summed E-state index contributed by atoms with van der Waals surface area (Å²) in [4.78, 5) is 13.7. The number of fused-ring (bicyclic) bond motifs is 7. The molecule has 12 atom stereocenters. The van der Waals surface area contributed by atoms with E-state index in [1.54, 1.807) is 6.92 Å². The monoisotopic (exact) mass is 474 g/mol. The Morgan fingerprint density at radius 1 is 1.00 bits per heavy atom. The highest BCUT2D eigenvalue weighted by molar-refractivity contribution is 5.83. The van der Waals surface area contributed by atoms with Gasteiger partial charge in [0.1, 0.15) is 11.4 Å². The second kappa shape index (κ2) is 7.08. The number of hydrogen-bond donors (Lipinski definition) is 2. The van der Waals surface area contributed by atoms with Gasteiger partial charge < -0.3 is 19.7 Å². The Hall–Kier alpha value is -0.490. The summed E-state index contributed by atoms with van der Waals surface area (Å²) in [5.41, 5.74) is -0.984. The summed E-state index contributed by atoms with van der Waals surface area (Å²) in [6.45, 7) is 12.6. The second-order valence-corrected chi connectivity index (χ2v) is 14.3. The predicted octanol–water partition coefficient (Wildman–Crippen LogP) is 5.07. The van der Waals surface area contributed by atoms with Crippen LogP contribution in [0.2, 0.25) is 0 Å². The van der Waals surface area contributed by atoms with Gasteiger partial charge in [-0.05, 0) is 79.4 Å². The first kappa shape index (κ1) is 23.9. The van der Waals surface area contributed by atoms with Gasteiger partial charge in [0.25, 0.3) is 0 Å². The molecule has 192 valence electrons. The fraction of sp³-hybridized carbons (Fsp3) is 0.966. The number of Topliss-reactive ketones (excluding diaryl/α,β-unsaturated/α-hetero) is 1. The van der Waals surface area contributed by atoms with E-state index in [2.05, 4.69) is 20.8 Å². The summed E-state index contributed by atoms with van der Waals surface area (Å²) in [5.74, 6) is -0.224. The molecule has 34 heavy (non-hydrogen) atoms. The zero-order valence-corrected chi connectivity index (χ0v) is 22.1. The smallest absolute Gasteiger partial charge is 0.195 e. The third kappa shape index (κ3) is 2.74. The van der Waals surface area contributed by atoms with Crippen LogP contribution in [0, 0.1) is 52.3 Å². The van der Waals surface area contributed by atoms with Crippen LogP contribution in [-0.4, -0.2) is 39.3 Å². The number of hydrogen-bond acceptors (Lipinski definition) is 5. The van der Waals surface area contributed by atoms with Gasteiger partial charge in [-0.25, -0.2) is 0 Å². The van der Waals surface area contributed by atoms with Gasteiger partial charge in [0.05, 0.1) is 6.10 Å². The lowest BCUT2D eigenvalue weighted by Crippen LogP contribution is -2.57. The van der Waals surface area contributed by atoms with Gasteiger partial charge in [0.2, 0.25) is 0 Å². The number of ether oxygens (including phenoxy) is 2. The molecule has 2 N–H and O–H groups in total. The minimum Gasteiger partial charge on any atom is -0.384 e. The van der Waals surface area contributed by atoms with Crippen LogP contribution in [-0.2, 0) is 14.3 Å². The minimum atomic E-state index is -1.64. The van der Waals surface area contributed by atoms with E-state index in [9.17, 15) is 15.0 Å². The fourth-order valence-electron chi connectivity index (χ4n) is 10.7. The molecule has 5 nitrogen and oxygen atoms in total. The minimum absolute atomic E-state index is 0.0266. The molecule has 6 fully saturated rings. The standard InChI is InChI=1S/C29H46O5/c1-16(2)28(32)15-29(34-27(28,6)31)17(3)24-22(33-29)14-20-23-19(10-12-26(20,24)5)25(4)11-8-7-9-18(25)13-21(23)30/h16-20,22-24,31-32H,7-15H2,1-6H3. The largest absolute Gasteiger partial charge is 0.384 e. The van der Waals surface area contributed by atoms with Crippen LogP contribution in [0.1, 0.15) is 99.3 Å². The van der Waals surface area contributed by atoms with Gasteiger partial charge in [0, 0.05) is 24.7 Å². The predicted molar refractivity (Wildman–Crippen MR) is 128 cm³/mol. The van der Waals surface area contributed by atoms with Crippen LogP contribution in [0.4, 0.5) is 0 Å². The molecule has 0 aromatic rings. The first-order chi connectivity index (χ1) is 15.8. The molecule has 5 heteroatoms. The highest BCUT2D eigenvalue weighted by Gasteiger charge is 2.75. The SMILES string of the molecule is CC1C2C(CC3C4C(=O)CC5CCCCC5(C)C4CCC32C)OC12CC(O)(C(C)C)C(C)(O)O2. The van der Waals surface area contributed by atoms with Crippen LogP contribution in [0.25, 0.3) is 0 Å². The summed E-state index contributed by atoms with van der Waals surface area (Å²) in [6, 6.07) is 0. The molecule has 0 radical (unpaired) electrons. The molecular weight excluding hydrogens is 428 g/mol. The van der Waals surface area contributed by atoms with E-state index < -0.39 is 17.2 Å². The molecule has 1 spiro atoms. The lowest BCUT2D eigenvalue weighted by atomic mass is 9.44. The molecule has 0 bridgehead atoms. The molecule has 2 saturated heterocycles. The first-order valence-electron chi connectivity index (χ1n) is 14.1. The van der Waals surface area contributed by atoms with Gasteiger partial charge in [0.15, 0.2) is 11.6 Å². The topological polar surface area (TPSA) is 76.0 Å². The quantitative estimate of drug-likeness (QED) is 0.555. The Labute approximate surface area is 205 Å². The van der Waals surface area contributed by atoms with Crippen molar-refractivity contribution < 1.29 is 24.5 Å². The maximum absolute atomic E-state index is 13.7. The van der Waals surface area contributed by atoms with E-state index in [0.29, 0.717) is 35.4 Å². The summed E-state index contributed by atoms with van der Waals surface area (Å²) in [7, 11) is 0. The van der Waals surface area contributed by atoms with Crippen LogP contribution in [0.5, 0.6) is 0 Å². The highest BCUT2D eigenvalue weighted by Crippen LogP contribution is 2.72. The Bertz CT molecular complexity index is 884. The summed E-state index contributed by atoms with van der Waals surface area (Å²) < 4.78 is 13.1. The van der Waals surface area contributed by atoms with E-state index in [1.807, 2.05) is 13.8 Å². The average Bonchev–Trinajstić information content (AvgIpc) is 3.26. The van der Waals surface area contributed by atoms with Crippen molar-refractivity contribution in [3.05, 3.63) is 0 Å². The molecule has 4 aliphatic carbocycles. The van der Waals surface area contributed by atoms with Crippen LogP contribution >= 0.6 is 0 Å². The number of carbonyl (C=O) groups excluding carboxylic acids is 1. The van der Waals surface area contributed by atoms with Gasteiger partial charge in [-0.3, -0.25) is 4.79 Å². The van der Waals surface area contributed by atoms with E-state index in [-0.39, 0.29) is 35.2 Å². The molecule has 0 amide bonds. The van der Waals surface area contributed by atoms with Crippen LogP contribution < -0.4 is 0 Å². The van der Waals surface area contributed by atoms with Gasteiger partial charge in [-0.2, -0.15) is 0 Å². The average molecular weight is 475 g/mol. The summed E-state index contributed by atoms with van der Waals surface area (Å²) in [5, 5.41) is 22.5. The van der Waals surface area contributed by atoms with Crippen LogP contribution in [0.15, 0.2) is 0 Å². The van der Waals surface area contributed by atoms with Crippen molar-refractivity contribution in [3.8, 4) is 0 Å². The van der Waals surface area contributed by atoms with Crippen molar-refractivity contribution in [2.24, 2.45) is 52.3 Å². The lowest BCUT2D eigenvalue weighted by molar-refractivity contribution is -0.326. The zero-order chi connectivity index (χ0) is 24.5. The second-order valence-electron chi connectivity index (χ2n) is 14.3. The Kier molecular flexibility index (Phi) is 4.97. The van der Waals surface area contributed by atoms with Crippen molar-refractivity contribution in [1.29, 1.82) is 0 Å². The van der Waals surface area contributed by atoms with E-state index >= 15 is 0 Å². The molecule has 6 rings (SSSR count). The molecule has 6 aliphatic rings. The molecule has 2 heterocycles. The number of carbonyl (C=O) groups is 1. The van der Waals surface area contributed by atoms with Crippen molar-refractivity contribution in [2.45, 2.75) is 123 Å². The van der Waals surface area contributed by atoms with Crippen LogP contribution in [0.3, 0.4) is 0 Å². The third-order valence-electron chi connectivity index (χ3n) is 12.7. The molecule has 2 aliphatic heterocycles. The van der Waals surface area contributed by atoms with E-state index in [4.69, 9.17) is 9.47 Å². The van der Waals surface area contributed by atoms with Crippen molar-refractivity contribution in [2.75, 3.05) is 0 Å². The van der Waals surface area contributed by atoms with Gasteiger partial charge in [-0.1, -0.05) is 47.5 Å². The molecule has 12 unspecified atom stereocenters. The van der Waals surface area contributed by atoms with E-state index in [1.165, 1.54) is 25.7 Å². The normalized spacial score (nSPS) is 60.9. The maximum Gasteiger partial charge on any atom is 0.195 e. The zero-order valence-electron chi connectivity index (χ0n) is 22.1. The number of ketones is 1. The Morgan fingerprint density at radius 2 is 1.74 bits per heavy atom. The Morgan fingerprint density at radius 3 is 2.41 bits per heavy atom. The molecular formula is C29H46O5. The molecule has 4 saturated carbocycles. The number of aliphatic hydroxyl groups is 2. The summed E-state index contributed by atoms with van der Waals surface area (Å²) >= 11 is 0. The third-order valence-corrected chi connectivity index (χ3v) is 12.7. The number of rotatable bonds is 1. The molecule has 0 aromatic carbocycles. The Balaban J connectivity index is 1.31. The van der Waals surface area contributed by atoms with E-state index in [0.717, 1.165) is 25.7 Å². The molecule has 0 aromatic heterocycles. The first-order valence-corrected chi connectivity index (χ1v) is 14.1. The van der Waals surface area contributed by atoms with Crippen molar-refractivity contribution in [1.82, 2.24) is 0 Å². The highest BCUT2D eigenvalue weighted by atomic mass is 16.8. The fourth-order valence-corrected chi connectivity index (χ4v) is 10.7. The van der Waals surface area contributed by atoms with Crippen molar-refractivity contribution >= 4 is 5.78 Å². The van der Waals surface area contributed by atoms with Gasteiger partial charge in [-0.15, -0.1) is 0 Å². The summed E-state index contributed by atoms with van der Waals surface area (Å²) in [6.07, 6.45) is 9.43. The maximum atomic E-state index is 13.7. The van der Waals surface area contributed by atoms with Gasteiger partial charge >= 0.3 is 0 Å². The van der Waals surface area contributed by atoms with Crippen molar-refractivity contribution in [3.63, 3.8) is 0 Å².